The third-order valence-electron chi connectivity index (χ3n) is 7.99. The van der Waals surface area contributed by atoms with E-state index in [1.165, 1.54) is 41.8 Å². The van der Waals surface area contributed by atoms with Crippen molar-refractivity contribution in [3.8, 4) is 11.4 Å². The minimum atomic E-state index is -0.407. The van der Waals surface area contributed by atoms with E-state index in [1.54, 1.807) is 16.3 Å². The number of benzene rings is 1. The van der Waals surface area contributed by atoms with Gasteiger partial charge in [-0.1, -0.05) is 29.8 Å². The predicted octanol–water partition coefficient (Wildman–Crippen LogP) is 5.36. The minimum absolute atomic E-state index is 0.0942. The fourth-order valence-electron chi connectivity index (χ4n) is 5.72. The molecule has 0 unspecified atom stereocenters. The first-order valence-corrected chi connectivity index (χ1v) is 13.3. The van der Waals surface area contributed by atoms with Crippen LogP contribution in [-0.2, 0) is 6.42 Å². The summed E-state index contributed by atoms with van der Waals surface area (Å²) in [5, 5.41) is 12.0. The number of nitrogens with one attached hydrogen (secondary N) is 2. The SMILES string of the molecule is C[C@@H](NCC1CC1)c1cnn2c(N[C@@H]3CCC4=C(C3)c3ccccc3C4)nc(-c3cncc(F)c3)nc12. The molecule has 0 spiro atoms. The van der Waals surface area contributed by atoms with Crippen LogP contribution in [0, 0.1) is 11.7 Å². The lowest BCUT2D eigenvalue weighted by atomic mass is 9.88. The highest BCUT2D eigenvalue weighted by Gasteiger charge is 2.29. The van der Waals surface area contributed by atoms with Crippen molar-refractivity contribution in [1.29, 1.82) is 0 Å². The first-order chi connectivity index (χ1) is 18.1. The van der Waals surface area contributed by atoms with E-state index in [-0.39, 0.29) is 12.1 Å². The fraction of sp³-hybridized carbons (Fsp3) is 0.379. The van der Waals surface area contributed by atoms with Crippen LogP contribution in [0.3, 0.4) is 0 Å². The second kappa shape index (κ2) is 9.03. The average Bonchev–Trinajstić information content (AvgIpc) is 3.53. The Hall–Kier alpha value is -3.65. The number of anilines is 1. The van der Waals surface area contributed by atoms with Crippen molar-refractivity contribution in [1.82, 2.24) is 29.9 Å². The number of fused-ring (bicyclic) bond motifs is 3. The van der Waals surface area contributed by atoms with Crippen molar-refractivity contribution in [2.24, 2.45) is 5.92 Å². The molecule has 0 aliphatic heterocycles. The highest BCUT2D eigenvalue weighted by atomic mass is 19.1. The molecule has 7 nitrogen and oxygen atoms in total. The quantitative estimate of drug-likeness (QED) is 0.359. The molecule has 3 aliphatic carbocycles. The van der Waals surface area contributed by atoms with Crippen molar-refractivity contribution < 1.29 is 4.39 Å². The molecule has 1 aromatic carbocycles. The number of hydrogen-bond donors (Lipinski definition) is 2. The maximum Gasteiger partial charge on any atom is 0.228 e. The van der Waals surface area contributed by atoms with E-state index in [2.05, 4.69) is 46.8 Å². The van der Waals surface area contributed by atoms with Crippen LogP contribution in [0.5, 0.6) is 0 Å². The molecule has 2 atom stereocenters. The van der Waals surface area contributed by atoms with E-state index in [0.29, 0.717) is 17.3 Å². The van der Waals surface area contributed by atoms with Crippen LogP contribution in [-0.4, -0.2) is 37.2 Å². The summed E-state index contributed by atoms with van der Waals surface area (Å²) >= 11 is 0. The number of pyridine rings is 1. The lowest BCUT2D eigenvalue weighted by molar-refractivity contribution is 0.551. The highest BCUT2D eigenvalue weighted by molar-refractivity contribution is 5.77. The van der Waals surface area contributed by atoms with Gasteiger partial charge in [0.1, 0.15) is 5.82 Å². The Bertz CT molecular complexity index is 1520. The van der Waals surface area contributed by atoms with Crippen molar-refractivity contribution in [3.05, 3.63) is 77.0 Å². The topological polar surface area (TPSA) is 80.0 Å². The first kappa shape index (κ1) is 22.5. The summed E-state index contributed by atoms with van der Waals surface area (Å²) in [4.78, 5) is 13.7. The largest absolute Gasteiger partial charge is 0.351 e. The number of aromatic nitrogens is 5. The van der Waals surface area contributed by atoms with Gasteiger partial charge in [0, 0.05) is 29.4 Å². The van der Waals surface area contributed by atoms with E-state index in [1.807, 2.05) is 6.20 Å². The van der Waals surface area contributed by atoms with Crippen LogP contribution in [0.4, 0.5) is 10.3 Å². The van der Waals surface area contributed by atoms with Gasteiger partial charge in [0.05, 0.1) is 12.4 Å². The fourth-order valence-corrected chi connectivity index (χ4v) is 5.72. The van der Waals surface area contributed by atoms with Crippen molar-refractivity contribution in [3.63, 3.8) is 0 Å². The first-order valence-electron chi connectivity index (χ1n) is 13.3. The molecule has 3 aromatic heterocycles. The number of allylic oxidation sites excluding steroid dienone is 1. The zero-order valence-electron chi connectivity index (χ0n) is 20.9. The van der Waals surface area contributed by atoms with Crippen molar-refractivity contribution in [2.75, 3.05) is 11.9 Å². The number of rotatable bonds is 7. The van der Waals surface area contributed by atoms with Crippen molar-refractivity contribution >= 4 is 17.2 Å². The van der Waals surface area contributed by atoms with Crippen LogP contribution in [0.2, 0.25) is 0 Å². The molecule has 0 saturated heterocycles. The zero-order chi connectivity index (χ0) is 24.9. The van der Waals surface area contributed by atoms with Gasteiger partial charge in [-0.2, -0.15) is 14.6 Å². The molecule has 1 fully saturated rings. The second-order valence-corrected chi connectivity index (χ2v) is 10.7. The number of nitrogens with zero attached hydrogens (tertiary/aromatic N) is 5. The van der Waals surface area contributed by atoms with Gasteiger partial charge in [-0.25, -0.2) is 9.37 Å². The predicted molar refractivity (Wildman–Crippen MR) is 141 cm³/mol. The van der Waals surface area contributed by atoms with E-state index < -0.39 is 5.82 Å². The molecular formula is C29H30FN7. The molecule has 7 rings (SSSR count). The molecule has 3 aliphatic rings. The average molecular weight is 496 g/mol. The summed E-state index contributed by atoms with van der Waals surface area (Å²) < 4.78 is 15.8. The van der Waals surface area contributed by atoms with Crippen LogP contribution in [0.15, 0.2) is 54.5 Å². The molecule has 0 radical (unpaired) electrons. The lowest BCUT2D eigenvalue weighted by Crippen LogP contribution is -2.26. The van der Waals surface area contributed by atoms with E-state index in [4.69, 9.17) is 15.1 Å². The van der Waals surface area contributed by atoms with Gasteiger partial charge in [0.15, 0.2) is 11.5 Å². The van der Waals surface area contributed by atoms with Crippen LogP contribution in [0.25, 0.3) is 22.6 Å². The van der Waals surface area contributed by atoms with Crippen molar-refractivity contribution in [2.45, 2.75) is 57.5 Å². The summed E-state index contributed by atoms with van der Waals surface area (Å²) in [6.45, 7) is 3.14. The van der Waals surface area contributed by atoms with Gasteiger partial charge in [-0.15, -0.1) is 0 Å². The molecule has 188 valence electrons. The zero-order valence-corrected chi connectivity index (χ0v) is 20.9. The van der Waals surface area contributed by atoms with E-state index in [0.717, 1.165) is 49.4 Å². The van der Waals surface area contributed by atoms with E-state index in [9.17, 15) is 4.39 Å². The highest BCUT2D eigenvalue weighted by Crippen LogP contribution is 2.42. The van der Waals surface area contributed by atoms with Gasteiger partial charge < -0.3 is 10.6 Å². The maximum atomic E-state index is 14.0. The summed E-state index contributed by atoms with van der Waals surface area (Å²) in [7, 11) is 0. The van der Waals surface area contributed by atoms with Gasteiger partial charge in [0.25, 0.3) is 0 Å². The van der Waals surface area contributed by atoms with Gasteiger partial charge in [0.2, 0.25) is 5.95 Å². The summed E-state index contributed by atoms with van der Waals surface area (Å²) in [6.07, 6.45) is 11.4. The maximum absolute atomic E-state index is 14.0. The Morgan fingerprint density at radius 2 is 2.00 bits per heavy atom. The Morgan fingerprint density at radius 1 is 1.11 bits per heavy atom. The van der Waals surface area contributed by atoms with Crippen LogP contribution in [0.1, 0.15) is 61.8 Å². The van der Waals surface area contributed by atoms with Crippen LogP contribution < -0.4 is 10.6 Å². The molecule has 2 N–H and O–H groups in total. The summed E-state index contributed by atoms with van der Waals surface area (Å²) in [6, 6.07) is 10.5. The van der Waals surface area contributed by atoms with Crippen LogP contribution >= 0.6 is 0 Å². The number of hydrogen-bond acceptors (Lipinski definition) is 6. The molecule has 37 heavy (non-hydrogen) atoms. The monoisotopic (exact) mass is 495 g/mol. The molecule has 8 heteroatoms. The molecule has 1 saturated carbocycles. The van der Waals surface area contributed by atoms with Gasteiger partial charge in [-0.05, 0) is 80.7 Å². The Balaban J connectivity index is 1.24. The summed E-state index contributed by atoms with van der Waals surface area (Å²) in [5.41, 5.74) is 8.15. The van der Waals surface area contributed by atoms with Gasteiger partial charge >= 0.3 is 0 Å². The molecule has 0 amide bonds. The molecular weight excluding hydrogens is 465 g/mol. The number of halogens is 1. The van der Waals surface area contributed by atoms with Gasteiger partial charge in [-0.3, -0.25) is 4.98 Å². The third-order valence-corrected chi connectivity index (χ3v) is 7.99. The second-order valence-electron chi connectivity index (χ2n) is 10.7. The third kappa shape index (κ3) is 4.29. The standard InChI is InChI=1S/C29H30FN7/c1-17(32-13-18-6-7-18)26-16-33-37-28(26)35-27(21-11-22(30)15-31-14-21)36-29(37)34-23-9-8-20-10-19-4-2-3-5-24(19)25(20)12-23/h2-5,11,14-18,23,32H,6-10,12-13H2,1H3,(H,34,35,36)/t17-,23-/m1/s1. The molecule has 3 heterocycles. The summed E-state index contributed by atoms with van der Waals surface area (Å²) in [5.74, 6) is 1.44. The molecule has 4 aromatic rings. The normalized spacial score (nSPS) is 19.7. The Labute approximate surface area is 215 Å². The molecule has 0 bridgehead atoms. The minimum Gasteiger partial charge on any atom is -0.351 e. The lowest BCUT2D eigenvalue weighted by Gasteiger charge is -2.26. The Kier molecular flexibility index (Phi) is 5.50. The Morgan fingerprint density at radius 3 is 2.86 bits per heavy atom. The van der Waals surface area contributed by atoms with E-state index >= 15 is 0 Å². The smallest absolute Gasteiger partial charge is 0.228 e.